The molecule has 52 heavy (non-hydrogen) atoms. The number of para-hydroxylation sites is 2. The van der Waals surface area contributed by atoms with E-state index in [1.54, 1.807) is 6.08 Å². The van der Waals surface area contributed by atoms with E-state index < -0.39 is 5.54 Å². The molecule has 5 heteroatoms. The fraction of sp³-hybridized carbons (Fsp3) is 0.128. The molecule has 5 nitrogen and oxygen atoms in total. The van der Waals surface area contributed by atoms with Crippen molar-refractivity contribution >= 4 is 43.6 Å². The van der Waals surface area contributed by atoms with E-state index in [0.717, 1.165) is 44.9 Å². The number of aromatic nitrogens is 2. The monoisotopic (exact) mass is 665 g/mol. The lowest BCUT2D eigenvalue weighted by Gasteiger charge is -2.35. The first-order chi connectivity index (χ1) is 25.4. The van der Waals surface area contributed by atoms with Gasteiger partial charge in [0.25, 0.3) is 0 Å². The summed E-state index contributed by atoms with van der Waals surface area (Å²) in [6.45, 7) is 4.45. The number of benzene rings is 4. The van der Waals surface area contributed by atoms with Crippen LogP contribution in [0.4, 0.5) is 0 Å². The SMILES string of the molecule is Cc1cccc2c1c1ccccc1n2C1(C)C=C(C2=C=C=CC(C#N)=C2C2C=C(C#N)C=CC2n2c3ccccc3c3cc(C#N)ccc32)C=CC1. The Balaban J connectivity index is 1.25. The third-order valence-corrected chi connectivity index (χ3v) is 10.9. The maximum Gasteiger partial charge on any atom is 0.100 e. The van der Waals surface area contributed by atoms with Crippen LogP contribution in [0.5, 0.6) is 0 Å². The molecule has 3 atom stereocenters. The predicted octanol–water partition coefficient (Wildman–Crippen LogP) is 10.6. The molecular weight excluding hydrogens is 635 g/mol. The zero-order chi connectivity index (χ0) is 35.6. The van der Waals surface area contributed by atoms with Gasteiger partial charge in [-0.3, -0.25) is 0 Å². The third kappa shape index (κ3) is 4.55. The molecule has 4 aromatic carbocycles. The summed E-state index contributed by atoms with van der Waals surface area (Å²) in [7, 11) is 0. The largest absolute Gasteiger partial charge is 0.332 e. The van der Waals surface area contributed by atoms with Gasteiger partial charge < -0.3 is 9.13 Å². The molecule has 0 amide bonds. The van der Waals surface area contributed by atoms with Gasteiger partial charge >= 0.3 is 0 Å². The highest BCUT2D eigenvalue weighted by atomic mass is 15.1. The number of fused-ring (bicyclic) bond motifs is 6. The van der Waals surface area contributed by atoms with Crippen molar-refractivity contribution in [3.8, 4) is 18.2 Å². The van der Waals surface area contributed by atoms with E-state index in [1.807, 2.05) is 42.5 Å². The van der Waals surface area contributed by atoms with E-state index in [0.29, 0.717) is 16.7 Å². The van der Waals surface area contributed by atoms with Crippen LogP contribution in [0.15, 0.2) is 167 Å². The minimum Gasteiger partial charge on any atom is -0.332 e. The molecule has 0 fully saturated rings. The summed E-state index contributed by atoms with van der Waals surface area (Å²) in [5, 5.41) is 35.1. The minimum atomic E-state index is -0.433. The van der Waals surface area contributed by atoms with Crippen molar-refractivity contribution in [1.29, 1.82) is 15.8 Å². The number of hydrogen-bond acceptors (Lipinski definition) is 3. The number of aryl methyl sites for hydroxylation is 1. The number of nitriles is 3. The molecule has 0 radical (unpaired) electrons. The third-order valence-electron chi connectivity index (χ3n) is 10.9. The van der Waals surface area contributed by atoms with Crippen molar-refractivity contribution in [3.63, 3.8) is 0 Å². The second-order valence-corrected chi connectivity index (χ2v) is 14.0. The van der Waals surface area contributed by atoms with Crippen molar-refractivity contribution in [2.45, 2.75) is 31.8 Å². The van der Waals surface area contributed by atoms with Gasteiger partial charge in [0.1, 0.15) is 6.07 Å². The lowest BCUT2D eigenvalue weighted by atomic mass is 9.75. The molecule has 2 aromatic heterocycles. The quantitative estimate of drug-likeness (QED) is 0.176. The van der Waals surface area contributed by atoms with Crippen LogP contribution in [0.25, 0.3) is 43.6 Å². The summed E-state index contributed by atoms with van der Waals surface area (Å²) in [5.41, 5.74) is 15.9. The molecule has 0 saturated carbocycles. The standard InChI is InChI=1S/C47H31N5/c1-30-10-7-18-44-45(30)37-14-4-6-17-43(37)52(44)47(2)23-9-12-33(26-47)35-15-8-11-34(29-50)46(35)39-25-32(28-49)20-22-42(39)51-40-16-5-3-13-36(40)38-24-31(27-48)19-21-41(38)51/h3-7,9-14,16-22,24-26,39,42H,23H2,1-2H3. The van der Waals surface area contributed by atoms with Gasteiger partial charge in [-0.2, -0.15) is 15.8 Å². The molecule has 2 heterocycles. The van der Waals surface area contributed by atoms with E-state index in [2.05, 4.69) is 132 Å². The van der Waals surface area contributed by atoms with Gasteiger partial charge in [0.15, 0.2) is 0 Å². The van der Waals surface area contributed by atoms with Crippen LogP contribution in [-0.4, -0.2) is 9.13 Å². The lowest BCUT2D eigenvalue weighted by Crippen LogP contribution is -2.29. The zero-order valence-corrected chi connectivity index (χ0v) is 28.7. The summed E-state index contributed by atoms with van der Waals surface area (Å²) in [5.74, 6) is -0.386. The van der Waals surface area contributed by atoms with E-state index >= 15 is 0 Å². The highest BCUT2D eigenvalue weighted by Crippen LogP contribution is 2.47. The summed E-state index contributed by atoms with van der Waals surface area (Å²) in [4.78, 5) is 0. The van der Waals surface area contributed by atoms with Crippen molar-refractivity contribution in [2.75, 3.05) is 0 Å². The van der Waals surface area contributed by atoms with Crippen LogP contribution in [0.1, 0.15) is 30.5 Å². The van der Waals surface area contributed by atoms with E-state index in [4.69, 9.17) is 0 Å². The molecule has 0 aliphatic heterocycles. The van der Waals surface area contributed by atoms with Crippen molar-refractivity contribution in [1.82, 2.24) is 9.13 Å². The molecule has 3 unspecified atom stereocenters. The second-order valence-electron chi connectivity index (χ2n) is 14.0. The van der Waals surface area contributed by atoms with Crippen molar-refractivity contribution in [2.24, 2.45) is 5.92 Å². The zero-order valence-electron chi connectivity index (χ0n) is 28.7. The highest BCUT2D eigenvalue weighted by Gasteiger charge is 2.36. The molecular formula is C47H31N5. The first-order valence-corrected chi connectivity index (χ1v) is 17.4. The normalized spacial score (nSPS) is 20.9. The van der Waals surface area contributed by atoms with Crippen molar-refractivity contribution in [3.05, 3.63) is 178 Å². The van der Waals surface area contributed by atoms with Crippen molar-refractivity contribution < 1.29 is 0 Å². The lowest BCUT2D eigenvalue weighted by molar-refractivity contribution is 0.435. The second kappa shape index (κ2) is 11.8. The van der Waals surface area contributed by atoms with Gasteiger partial charge in [0.2, 0.25) is 0 Å². The Morgan fingerprint density at radius 2 is 1.56 bits per heavy atom. The van der Waals surface area contributed by atoms with E-state index in [9.17, 15) is 15.8 Å². The van der Waals surface area contributed by atoms with Gasteiger partial charge in [-0.15, -0.1) is 0 Å². The van der Waals surface area contributed by atoms with E-state index in [1.165, 1.54) is 27.4 Å². The minimum absolute atomic E-state index is 0.283. The van der Waals surface area contributed by atoms with Crippen LogP contribution in [0.2, 0.25) is 0 Å². The van der Waals surface area contributed by atoms with Crippen LogP contribution in [0.3, 0.4) is 0 Å². The molecule has 0 spiro atoms. The Bertz CT molecular complexity index is 2970. The predicted molar refractivity (Wildman–Crippen MR) is 207 cm³/mol. The molecule has 0 saturated heterocycles. The van der Waals surface area contributed by atoms with E-state index in [-0.39, 0.29) is 12.0 Å². The molecule has 6 aromatic rings. The molecule has 3 aliphatic carbocycles. The fourth-order valence-electron chi connectivity index (χ4n) is 8.69. The van der Waals surface area contributed by atoms with Gasteiger partial charge in [0, 0.05) is 61.2 Å². The molecule has 0 N–H and O–H groups in total. The Kier molecular flexibility index (Phi) is 7.02. The Labute approximate surface area is 301 Å². The van der Waals surface area contributed by atoms with Gasteiger partial charge in [0.05, 0.1) is 40.4 Å². The van der Waals surface area contributed by atoms with Gasteiger partial charge in [-0.1, -0.05) is 90.4 Å². The Morgan fingerprint density at radius 3 is 2.37 bits per heavy atom. The average molecular weight is 666 g/mol. The van der Waals surface area contributed by atoms with Crippen LogP contribution in [0, 0.1) is 46.8 Å². The number of hydrogen-bond donors (Lipinski definition) is 0. The van der Waals surface area contributed by atoms with Gasteiger partial charge in [-0.05, 0) is 79.5 Å². The number of rotatable bonds is 4. The fourth-order valence-corrected chi connectivity index (χ4v) is 8.69. The van der Waals surface area contributed by atoms with Crippen LogP contribution >= 0.6 is 0 Å². The maximum absolute atomic E-state index is 10.7. The van der Waals surface area contributed by atoms with Gasteiger partial charge in [-0.25, -0.2) is 0 Å². The topological polar surface area (TPSA) is 81.2 Å². The summed E-state index contributed by atoms with van der Waals surface area (Å²) < 4.78 is 4.74. The number of allylic oxidation sites excluding steroid dienone is 12. The molecule has 3 aliphatic rings. The number of nitrogens with zero attached hydrogens (tertiary/aromatic N) is 5. The molecule has 9 rings (SSSR count). The summed E-state index contributed by atoms with van der Waals surface area (Å²) in [6.07, 6.45) is 15.1. The molecule has 244 valence electrons. The summed E-state index contributed by atoms with van der Waals surface area (Å²) >= 11 is 0. The maximum atomic E-state index is 10.7. The summed E-state index contributed by atoms with van der Waals surface area (Å²) in [6, 6.07) is 36.0. The Hall–Kier alpha value is -7.05. The Morgan fingerprint density at radius 1 is 0.788 bits per heavy atom. The first kappa shape index (κ1) is 31.0. The highest BCUT2D eigenvalue weighted by molar-refractivity contribution is 6.10. The molecule has 0 bridgehead atoms. The average Bonchev–Trinajstić information content (AvgIpc) is 3.71. The van der Waals surface area contributed by atoms with Crippen LogP contribution in [-0.2, 0) is 5.54 Å². The first-order valence-electron chi connectivity index (χ1n) is 17.4. The van der Waals surface area contributed by atoms with Crippen LogP contribution < -0.4 is 0 Å². The smallest absolute Gasteiger partial charge is 0.100 e.